The summed E-state index contributed by atoms with van der Waals surface area (Å²) in [5.74, 6) is -0.711. The Balaban J connectivity index is 1.72. The number of hydrogen-bond acceptors (Lipinski definition) is 6. The zero-order chi connectivity index (χ0) is 24.2. The summed E-state index contributed by atoms with van der Waals surface area (Å²) in [6.45, 7) is 7.79. The molecule has 1 heterocycles. The van der Waals surface area contributed by atoms with Gasteiger partial charge in [0.2, 0.25) is 15.9 Å². The van der Waals surface area contributed by atoms with E-state index in [4.69, 9.17) is 0 Å². The number of anilines is 1. The van der Waals surface area contributed by atoms with Crippen LogP contribution in [0.15, 0.2) is 64.5 Å². The van der Waals surface area contributed by atoms with Gasteiger partial charge in [0, 0.05) is 13.1 Å². The highest BCUT2D eigenvalue weighted by Crippen LogP contribution is 2.20. The summed E-state index contributed by atoms with van der Waals surface area (Å²) < 4.78 is 26.7. The molecule has 2 atom stereocenters. The maximum absolute atomic E-state index is 12.9. The van der Waals surface area contributed by atoms with E-state index in [0.717, 1.165) is 5.56 Å². The van der Waals surface area contributed by atoms with Crippen LogP contribution in [0, 0.1) is 0 Å². The predicted octanol–water partition coefficient (Wildman–Crippen LogP) is 2.23. The van der Waals surface area contributed by atoms with Gasteiger partial charge < -0.3 is 5.32 Å². The summed E-state index contributed by atoms with van der Waals surface area (Å²) in [5, 5.41) is 4.16. The summed E-state index contributed by atoms with van der Waals surface area (Å²) in [5.41, 5.74) is 4.14. The van der Waals surface area contributed by atoms with Crippen LogP contribution in [-0.2, 0) is 19.6 Å². The smallest absolute Gasteiger partial charge is 0.288 e. The molecular formula is C23H29N5O4S. The molecule has 176 valence electrons. The van der Waals surface area contributed by atoms with Crippen LogP contribution in [-0.4, -0.2) is 49.5 Å². The molecule has 0 bridgehead atoms. The normalized spacial score (nSPS) is 17.4. The summed E-state index contributed by atoms with van der Waals surface area (Å²) in [7, 11) is -3.55. The lowest BCUT2D eigenvalue weighted by Gasteiger charge is -2.31. The van der Waals surface area contributed by atoms with Crippen LogP contribution >= 0.6 is 0 Å². The molecule has 2 N–H and O–H groups in total. The number of carbonyl (C=O) groups is 2. The Bertz CT molecular complexity index is 1130. The van der Waals surface area contributed by atoms with Gasteiger partial charge in [0.25, 0.3) is 11.8 Å². The molecule has 9 nitrogen and oxygen atoms in total. The predicted molar refractivity (Wildman–Crippen MR) is 127 cm³/mol. The first kappa shape index (κ1) is 24.4. The van der Waals surface area contributed by atoms with Crippen molar-refractivity contribution in [2.45, 2.75) is 44.7 Å². The highest BCUT2D eigenvalue weighted by Gasteiger charge is 2.31. The highest BCUT2D eigenvalue weighted by molar-refractivity contribution is 7.89. The monoisotopic (exact) mass is 471 g/mol. The van der Waals surface area contributed by atoms with Crippen LogP contribution in [0.1, 0.15) is 39.3 Å². The molecule has 0 fully saturated rings. The van der Waals surface area contributed by atoms with Crippen LogP contribution in [0.4, 0.5) is 5.69 Å². The summed E-state index contributed by atoms with van der Waals surface area (Å²) in [4.78, 5) is 29.8. The number of nitrogens with zero attached hydrogens (tertiary/aromatic N) is 3. The molecule has 0 unspecified atom stereocenters. The van der Waals surface area contributed by atoms with Gasteiger partial charge >= 0.3 is 0 Å². The first-order valence-corrected chi connectivity index (χ1v) is 12.3. The van der Waals surface area contributed by atoms with Gasteiger partial charge in [-0.05, 0) is 43.7 Å². The molecule has 2 aromatic rings. The number of para-hydroxylation sites is 1. The Morgan fingerprint density at radius 3 is 2.30 bits per heavy atom. The minimum Gasteiger partial charge on any atom is -0.343 e. The zero-order valence-electron chi connectivity index (χ0n) is 19.1. The Morgan fingerprint density at radius 2 is 1.73 bits per heavy atom. The largest absolute Gasteiger partial charge is 0.343 e. The van der Waals surface area contributed by atoms with Crippen molar-refractivity contribution in [3.05, 3.63) is 60.2 Å². The first-order valence-electron chi connectivity index (χ1n) is 10.8. The molecule has 1 aliphatic rings. The molecule has 0 spiro atoms. The SMILES string of the molecule is CCN(CC)S(=O)(=O)c1ccc([C@H](C)NC(=O)C2=N[C@H](C)C(=O)N(c3ccccc3)N2)cc1. The number of benzene rings is 2. The van der Waals surface area contributed by atoms with Gasteiger partial charge in [0.1, 0.15) is 6.04 Å². The number of sulfonamides is 1. The highest BCUT2D eigenvalue weighted by atomic mass is 32.2. The van der Waals surface area contributed by atoms with Crippen molar-refractivity contribution in [2.75, 3.05) is 18.1 Å². The summed E-state index contributed by atoms with van der Waals surface area (Å²) >= 11 is 0. The molecule has 1 aliphatic heterocycles. The Morgan fingerprint density at radius 1 is 1.12 bits per heavy atom. The number of nitrogens with one attached hydrogen (secondary N) is 2. The van der Waals surface area contributed by atoms with Crippen LogP contribution in [0.3, 0.4) is 0 Å². The number of carbonyl (C=O) groups excluding carboxylic acids is 2. The van der Waals surface area contributed by atoms with Gasteiger partial charge in [-0.15, -0.1) is 0 Å². The van der Waals surface area contributed by atoms with Gasteiger partial charge in [-0.2, -0.15) is 4.31 Å². The maximum Gasteiger partial charge on any atom is 0.288 e. The molecule has 2 aromatic carbocycles. The fraction of sp³-hybridized carbons (Fsp3) is 0.348. The zero-order valence-corrected chi connectivity index (χ0v) is 20.0. The second-order valence-corrected chi connectivity index (χ2v) is 9.57. The van der Waals surface area contributed by atoms with Crippen molar-refractivity contribution in [3.63, 3.8) is 0 Å². The van der Waals surface area contributed by atoms with E-state index in [2.05, 4.69) is 15.7 Å². The van der Waals surface area contributed by atoms with Gasteiger partial charge in [0.15, 0.2) is 0 Å². The van der Waals surface area contributed by atoms with E-state index >= 15 is 0 Å². The Hall–Kier alpha value is -3.24. The second kappa shape index (κ2) is 10.1. The lowest BCUT2D eigenvalue weighted by atomic mass is 10.1. The van der Waals surface area contributed by atoms with Crippen molar-refractivity contribution >= 4 is 33.4 Å². The van der Waals surface area contributed by atoms with Crippen molar-refractivity contribution in [2.24, 2.45) is 4.99 Å². The third-order valence-electron chi connectivity index (χ3n) is 5.42. The number of aliphatic imine (C=N–C) groups is 1. The molecule has 3 rings (SSSR count). The van der Waals surface area contributed by atoms with Crippen molar-refractivity contribution in [1.29, 1.82) is 0 Å². The number of hydrogen-bond donors (Lipinski definition) is 2. The second-order valence-electron chi connectivity index (χ2n) is 7.63. The van der Waals surface area contributed by atoms with E-state index in [1.807, 2.05) is 6.07 Å². The molecule has 0 aliphatic carbocycles. The van der Waals surface area contributed by atoms with Crippen LogP contribution < -0.4 is 15.8 Å². The number of amidine groups is 1. The fourth-order valence-corrected chi connectivity index (χ4v) is 4.95. The van der Waals surface area contributed by atoms with E-state index in [-0.39, 0.29) is 16.6 Å². The third-order valence-corrected chi connectivity index (χ3v) is 7.48. The van der Waals surface area contributed by atoms with Gasteiger partial charge in [0.05, 0.1) is 16.6 Å². The van der Waals surface area contributed by atoms with E-state index < -0.39 is 28.0 Å². The van der Waals surface area contributed by atoms with Crippen LogP contribution in [0.5, 0.6) is 0 Å². The molecule has 10 heteroatoms. The van der Waals surface area contributed by atoms with Gasteiger partial charge in [-0.1, -0.05) is 44.2 Å². The first-order chi connectivity index (χ1) is 15.7. The molecule has 0 radical (unpaired) electrons. The van der Waals surface area contributed by atoms with Crippen LogP contribution in [0.2, 0.25) is 0 Å². The standard InChI is InChI=1S/C23H29N5O4S/c1-5-27(6-2)33(31,32)20-14-12-18(13-15-20)16(3)25-22(29)21-24-17(4)23(30)28(26-21)19-10-8-7-9-11-19/h7-17H,5-6H2,1-4H3,(H,24,26)(H,25,29)/t16-,17+/m0/s1. The summed E-state index contributed by atoms with van der Waals surface area (Å²) in [6.07, 6.45) is 0. The number of rotatable bonds is 8. The maximum atomic E-state index is 12.9. The molecular weight excluding hydrogens is 442 g/mol. The third kappa shape index (κ3) is 5.23. The van der Waals surface area contributed by atoms with Crippen molar-refractivity contribution in [1.82, 2.24) is 15.0 Å². The number of amides is 2. The topological polar surface area (TPSA) is 111 Å². The lowest BCUT2D eigenvalue weighted by Crippen LogP contribution is -2.58. The minimum atomic E-state index is -3.55. The molecule has 2 amide bonds. The van der Waals surface area contributed by atoms with E-state index in [1.54, 1.807) is 76.2 Å². The quantitative estimate of drug-likeness (QED) is 0.613. The average molecular weight is 472 g/mol. The Labute approximate surface area is 194 Å². The van der Waals surface area contributed by atoms with Crippen molar-refractivity contribution < 1.29 is 18.0 Å². The minimum absolute atomic E-state index is 0.0264. The van der Waals surface area contributed by atoms with E-state index in [1.165, 1.54) is 9.31 Å². The molecule has 0 saturated heterocycles. The van der Waals surface area contributed by atoms with Crippen LogP contribution in [0.25, 0.3) is 0 Å². The lowest BCUT2D eigenvalue weighted by molar-refractivity contribution is -0.120. The van der Waals surface area contributed by atoms with Crippen molar-refractivity contribution in [3.8, 4) is 0 Å². The summed E-state index contributed by atoms with van der Waals surface area (Å²) in [6, 6.07) is 14.3. The molecule has 0 aromatic heterocycles. The van der Waals surface area contributed by atoms with E-state index in [0.29, 0.717) is 18.8 Å². The Kier molecular flexibility index (Phi) is 7.50. The number of hydrazine groups is 1. The molecule has 0 saturated carbocycles. The fourth-order valence-electron chi connectivity index (χ4n) is 3.49. The molecule has 33 heavy (non-hydrogen) atoms. The average Bonchev–Trinajstić information content (AvgIpc) is 2.81. The van der Waals surface area contributed by atoms with E-state index in [9.17, 15) is 18.0 Å². The van der Waals surface area contributed by atoms with Gasteiger partial charge in [-0.25, -0.2) is 18.4 Å². The van der Waals surface area contributed by atoms with Gasteiger partial charge in [-0.3, -0.25) is 15.0 Å².